The highest BCUT2D eigenvalue weighted by atomic mass is 16.1. The van der Waals surface area contributed by atoms with E-state index in [0.29, 0.717) is 5.57 Å². The fourth-order valence-corrected chi connectivity index (χ4v) is 0.854. The maximum absolute atomic E-state index is 10.5. The van der Waals surface area contributed by atoms with E-state index in [1.165, 1.54) is 0 Å². The molecule has 1 heterocycles. The first-order chi connectivity index (χ1) is 5.84. The van der Waals surface area contributed by atoms with Gasteiger partial charge in [-0.05, 0) is 5.57 Å². The molecule has 1 aliphatic heterocycles. The molecule has 0 radical (unpaired) electrons. The van der Waals surface area contributed by atoms with Gasteiger partial charge in [-0.1, -0.05) is 30.9 Å². The van der Waals surface area contributed by atoms with Crippen LogP contribution in [-0.4, -0.2) is 12.8 Å². The molecule has 1 N–H and O–H groups in total. The molecule has 0 fully saturated rings. The zero-order valence-corrected chi connectivity index (χ0v) is 6.79. The standard InChI is InChI=1S/C10H11NO/c1-9-5-3-2-4-6-11-7-10(9)8-12/h2-5,7-8,11H,1,6H2/b4-2-,5-3-,10-7?. The van der Waals surface area contributed by atoms with Crippen molar-refractivity contribution < 1.29 is 4.79 Å². The monoisotopic (exact) mass is 161 g/mol. The van der Waals surface area contributed by atoms with Crippen molar-refractivity contribution in [1.29, 1.82) is 0 Å². The summed E-state index contributed by atoms with van der Waals surface area (Å²) in [5.74, 6) is 0. The van der Waals surface area contributed by atoms with Gasteiger partial charge in [0.25, 0.3) is 0 Å². The van der Waals surface area contributed by atoms with Crippen molar-refractivity contribution >= 4 is 6.29 Å². The summed E-state index contributed by atoms with van der Waals surface area (Å²) in [7, 11) is 0. The lowest BCUT2D eigenvalue weighted by molar-refractivity contribution is -0.104. The van der Waals surface area contributed by atoms with Crippen LogP contribution in [-0.2, 0) is 4.79 Å². The van der Waals surface area contributed by atoms with Crippen molar-refractivity contribution in [2.75, 3.05) is 6.54 Å². The van der Waals surface area contributed by atoms with Crippen LogP contribution < -0.4 is 5.32 Å². The molecule has 2 heteroatoms. The van der Waals surface area contributed by atoms with Crippen molar-refractivity contribution in [3.8, 4) is 0 Å². The number of nitrogens with one attached hydrogen (secondary N) is 1. The molecule has 1 rings (SSSR count). The molecular weight excluding hydrogens is 150 g/mol. The Kier molecular flexibility index (Phi) is 3.08. The fraction of sp³-hybridized carbons (Fsp3) is 0.100. The van der Waals surface area contributed by atoms with E-state index in [1.54, 1.807) is 6.20 Å². The maximum Gasteiger partial charge on any atom is 0.152 e. The molecule has 0 saturated carbocycles. The van der Waals surface area contributed by atoms with E-state index >= 15 is 0 Å². The van der Waals surface area contributed by atoms with Crippen LogP contribution in [0.2, 0.25) is 0 Å². The Hall–Kier alpha value is -1.57. The Morgan fingerprint density at radius 1 is 1.50 bits per heavy atom. The second kappa shape index (κ2) is 4.34. The van der Waals surface area contributed by atoms with Crippen LogP contribution in [0, 0.1) is 0 Å². The number of carbonyl (C=O) groups excluding carboxylic acids is 1. The number of hydrogen-bond donors (Lipinski definition) is 1. The van der Waals surface area contributed by atoms with E-state index in [2.05, 4.69) is 11.9 Å². The van der Waals surface area contributed by atoms with Gasteiger partial charge in [-0.25, -0.2) is 0 Å². The summed E-state index contributed by atoms with van der Waals surface area (Å²) in [4.78, 5) is 10.5. The first kappa shape index (κ1) is 8.53. The van der Waals surface area contributed by atoms with Crippen LogP contribution in [0.15, 0.2) is 48.2 Å². The molecule has 12 heavy (non-hydrogen) atoms. The molecule has 0 aromatic heterocycles. The van der Waals surface area contributed by atoms with Gasteiger partial charge in [0, 0.05) is 18.3 Å². The van der Waals surface area contributed by atoms with Crippen LogP contribution in [0.4, 0.5) is 0 Å². The zero-order chi connectivity index (χ0) is 8.81. The number of carbonyl (C=O) groups is 1. The quantitative estimate of drug-likeness (QED) is 0.588. The summed E-state index contributed by atoms with van der Waals surface area (Å²) >= 11 is 0. The highest BCUT2D eigenvalue weighted by Gasteiger charge is 1.96. The fourth-order valence-electron chi connectivity index (χ4n) is 0.854. The SMILES string of the molecule is C=C1/C=C\C=C/CNC=C1C=O. The third-order valence-electron chi connectivity index (χ3n) is 1.54. The van der Waals surface area contributed by atoms with Crippen molar-refractivity contribution in [3.63, 3.8) is 0 Å². The van der Waals surface area contributed by atoms with Gasteiger partial charge in [-0.15, -0.1) is 0 Å². The summed E-state index contributed by atoms with van der Waals surface area (Å²) in [6, 6.07) is 0. The third kappa shape index (κ3) is 2.23. The van der Waals surface area contributed by atoms with Crippen LogP contribution in [0.1, 0.15) is 0 Å². The highest BCUT2D eigenvalue weighted by molar-refractivity contribution is 5.81. The summed E-state index contributed by atoms with van der Waals surface area (Å²) in [6.45, 7) is 4.48. The van der Waals surface area contributed by atoms with E-state index < -0.39 is 0 Å². The van der Waals surface area contributed by atoms with Crippen molar-refractivity contribution in [2.45, 2.75) is 0 Å². The minimum Gasteiger partial charge on any atom is -0.387 e. The van der Waals surface area contributed by atoms with Crippen LogP contribution in [0.3, 0.4) is 0 Å². The predicted molar refractivity (Wildman–Crippen MR) is 49.6 cm³/mol. The summed E-state index contributed by atoms with van der Waals surface area (Å²) in [5, 5.41) is 2.98. The molecule has 62 valence electrons. The van der Waals surface area contributed by atoms with Gasteiger partial charge in [0.1, 0.15) is 0 Å². The van der Waals surface area contributed by atoms with Crippen molar-refractivity contribution in [2.24, 2.45) is 0 Å². The van der Waals surface area contributed by atoms with E-state index in [9.17, 15) is 4.79 Å². The molecule has 0 saturated heterocycles. The van der Waals surface area contributed by atoms with Gasteiger partial charge in [0.2, 0.25) is 0 Å². The summed E-state index contributed by atoms with van der Waals surface area (Å²) < 4.78 is 0. The second-order valence-corrected chi connectivity index (χ2v) is 2.44. The molecule has 0 amide bonds. The van der Waals surface area contributed by atoms with Gasteiger partial charge in [-0.3, -0.25) is 4.79 Å². The average molecular weight is 161 g/mol. The topological polar surface area (TPSA) is 29.1 Å². The predicted octanol–water partition coefficient (Wildman–Crippen LogP) is 1.34. The molecule has 2 nitrogen and oxygen atoms in total. The Labute approximate surface area is 72.0 Å². The van der Waals surface area contributed by atoms with E-state index in [4.69, 9.17) is 0 Å². The number of rotatable bonds is 1. The smallest absolute Gasteiger partial charge is 0.152 e. The number of hydrogen-bond acceptors (Lipinski definition) is 2. The third-order valence-corrected chi connectivity index (χ3v) is 1.54. The Bertz CT molecular complexity index is 272. The molecule has 0 aromatic rings. The van der Waals surface area contributed by atoms with Crippen LogP contribution in [0.25, 0.3) is 0 Å². The molecule has 0 aromatic carbocycles. The number of allylic oxidation sites excluding steroid dienone is 5. The molecular formula is C10H11NO. The molecule has 0 unspecified atom stereocenters. The molecule has 0 spiro atoms. The first-order valence-electron chi connectivity index (χ1n) is 3.76. The Morgan fingerprint density at radius 3 is 3.08 bits per heavy atom. The van der Waals surface area contributed by atoms with Gasteiger partial charge >= 0.3 is 0 Å². The van der Waals surface area contributed by atoms with E-state index in [-0.39, 0.29) is 0 Å². The lowest BCUT2D eigenvalue weighted by Gasteiger charge is -1.98. The zero-order valence-electron chi connectivity index (χ0n) is 6.79. The van der Waals surface area contributed by atoms with E-state index in [1.807, 2.05) is 24.3 Å². The van der Waals surface area contributed by atoms with Gasteiger partial charge in [-0.2, -0.15) is 0 Å². The summed E-state index contributed by atoms with van der Waals surface area (Å²) in [5.41, 5.74) is 1.32. The van der Waals surface area contributed by atoms with E-state index in [0.717, 1.165) is 18.4 Å². The lowest BCUT2D eigenvalue weighted by atomic mass is 10.1. The second-order valence-electron chi connectivity index (χ2n) is 2.44. The molecule has 0 bridgehead atoms. The van der Waals surface area contributed by atoms with Crippen LogP contribution >= 0.6 is 0 Å². The van der Waals surface area contributed by atoms with Crippen LogP contribution in [0.5, 0.6) is 0 Å². The first-order valence-corrected chi connectivity index (χ1v) is 3.76. The lowest BCUT2D eigenvalue weighted by Crippen LogP contribution is -2.06. The normalized spacial score (nSPS) is 22.3. The molecule has 1 aliphatic rings. The van der Waals surface area contributed by atoms with Crippen molar-refractivity contribution in [3.05, 3.63) is 48.2 Å². The number of aldehydes is 1. The maximum atomic E-state index is 10.5. The van der Waals surface area contributed by atoms with Gasteiger partial charge < -0.3 is 5.32 Å². The largest absolute Gasteiger partial charge is 0.387 e. The van der Waals surface area contributed by atoms with Gasteiger partial charge in [0.05, 0.1) is 0 Å². The molecule has 0 aliphatic carbocycles. The average Bonchev–Trinajstić information content (AvgIpc) is 2.17. The highest BCUT2D eigenvalue weighted by Crippen LogP contribution is 2.06. The Morgan fingerprint density at radius 2 is 2.33 bits per heavy atom. The minimum absolute atomic E-state index is 0.593. The van der Waals surface area contributed by atoms with Gasteiger partial charge in [0.15, 0.2) is 6.29 Å². The molecule has 0 atom stereocenters. The van der Waals surface area contributed by atoms with Crippen molar-refractivity contribution in [1.82, 2.24) is 5.32 Å². The minimum atomic E-state index is 0.593. The summed E-state index contributed by atoms with van der Waals surface area (Å²) in [6.07, 6.45) is 10.0. The Balaban J connectivity index is 2.85.